The van der Waals surface area contributed by atoms with E-state index in [1.807, 2.05) is 32.3 Å². The van der Waals surface area contributed by atoms with Crippen molar-refractivity contribution >= 4 is 15.9 Å². The largest absolute Gasteiger partial charge is 0.350 e. The molecule has 2 aromatic carbocycles. The molecule has 1 amide bonds. The number of hydrogen-bond donors (Lipinski definition) is 1. The van der Waals surface area contributed by atoms with Gasteiger partial charge in [-0.05, 0) is 57.1 Å². The first kappa shape index (κ1) is 23.4. The molecule has 7 heteroatoms. The van der Waals surface area contributed by atoms with Crippen LogP contribution in [0.3, 0.4) is 0 Å². The molecule has 1 heterocycles. The Labute approximate surface area is 186 Å². The standard InChI is InChI=1S/C24H33N3O3S/c1-26(2)22(17-20-11-6-5-7-12-20)19-25-24(28)21-13-10-14-23(18-21)31(29,30)27-15-8-3-4-9-16-27/h5-7,10-14,18,22H,3-4,8-9,15-17,19H2,1-2H3,(H,25,28). The van der Waals surface area contributed by atoms with Crippen molar-refractivity contribution < 1.29 is 13.2 Å². The lowest BCUT2D eigenvalue weighted by atomic mass is 10.1. The number of amides is 1. The van der Waals surface area contributed by atoms with Crippen molar-refractivity contribution in [2.24, 2.45) is 0 Å². The number of nitrogens with zero attached hydrogens (tertiary/aromatic N) is 2. The van der Waals surface area contributed by atoms with Gasteiger partial charge in [-0.1, -0.05) is 49.2 Å². The molecule has 1 aliphatic rings. The molecule has 0 aliphatic carbocycles. The molecule has 1 saturated heterocycles. The van der Waals surface area contributed by atoms with E-state index in [1.165, 1.54) is 11.6 Å². The maximum absolute atomic E-state index is 13.1. The van der Waals surface area contributed by atoms with Crippen LogP contribution < -0.4 is 5.32 Å². The second kappa shape index (κ2) is 10.9. The first-order valence-electron chi connectivity index (χ1n) is 11.0. The van der Waals surface area contributed by atoms with Gasteiger partial charge in [0.15, 0.2) is 0 Å². The summed E-state index contributed by atoms with van der Waals surface area (Å²) in [5.41, 5.74) is 1.58. The van der Waals surface area contributed by atoms with E-state index in [0.29, 0.717) is 25.2 Å². The summed E-state index contributed by atoms with van der Waals surface area (Å²) in [4.78, 5) is 15.1. The SMILES string of the molecule is CN(C)C(CNC(=O)c1cccc(S(=O)(=O)N2CCCCCC2)c1)Cc1ccccc1. The minimum Gasteiger partial charge on any atom is -0.350 e. The Kier molecular flexibility index (Phi) is 8.23. The van der Waals surface area contributed by atoms with Crippen LogP contribution in [0.5, 0.6) is 0 Å². The molecular weight excluding hydrogens is 410 g/mol. The van der Waals surface area contributed by atoms with Crippen LogP contribution in [-0.4, -0.2) is 63.3 Å². The minimum atomic E-state index is -3.58. The molecule has 168 valence electrons. The second-order valence-electron chi connectivity index (χ2n) is 8.36. The molecule has 1 atom stereocenters. The number of likely N-dealkylation sites (N-methyl/N-ethyl adjacent to an activating group) is 1. The van der Waals surface area contributed by atoms with E-state index in [9.17, 15) is 13.2 Å². The van der Waals surface area contributed by atoms with Crippen molar-refractivity contribution in [2.75, 3.05) is 33.7 Å². The summed E-state index contributed by atoms with van der Waals surface area (Å²) in [6.45, 7) is 1.56. The Bertz CT molecular complexity index is 953. The van der Waals surface area contributed by atoms with Crippen molar-refractivity contribution in [2.45, 2.75) is 43.0 Å². The van der Waals surface area contributed by atoms with Gasteiger partial charge in [0.25, 0.3) is 5.91 Å². The minimum absolute atomic E-state index is 0.135. The predicted molar refractivity (Wildman–Crippen MR) is 124 cm³/mol. The van der Waals surface area contributed by atoms with Crippen LogP contribution in [0.1, 0.15) is 41.6 Å². The molecule has 0 spiro atoms. The average Bonchev–Trinajstić information content (AvgIpc) is 3.07. The Morgan fingerprint density at radius 2 is 1.68 bits per heavy atom. The number of benzene rings is 2. The van der Waals surface area contributed by atoms with Gasteiger partial charge in [-0.15, -0.1) is 0 Å². The summed E-state index contributed by atoms with van der Waals surface area (Å²) in [6.07, 6.45) is 4.70. The summed E-state index contributed by atoms with van der Waals surface area (Å²) in [5, 5.41) is 2.98. The van der Waals surface area contributed by atoms with Gasteiger partial charge in [-0.2, -0.15) is 4.31 Å². The fraction of sp³-hybridized carbons (Fsp3) is 0.458. The van der Waals surface area contributed by atoms with E-state index in [2.05, 4.69) is 22.3 Å². The molecule has 0 saturated carbocycles. The van der Waals surface area contributed by atoms with E-state index in [4.69, 9.17) is 0 Å². The fourth-order valence-electron chi connectivity index (χ4n) is 3.86. The van der Waals surface area contributed by atoms with Gasteiger partial charge in [0.05, 0.1) is 4.90 Å². The predicted octanol–water partition coefficient (Wildman–Crippen LogP) is 3.15. The summed E-state index contributed by atoms with van der Waals surface area (Å²) in [5.74, 6) is -0.257. The molecule has 1 unspecified atom stereocenters. The molecule has 0 bridgehead atoms. The van der Waals surface area contributed by atoms with E-state index in [-0.39, 0.29) is 16.8 Å². The van der Waals surface area contributed by atoms with Gasteiger partial charge in [0.2, 0.25) is 10.0 Å². The third-order valence-electron chi connectivity index (χ3n) is 5.84. The van der Waals surface area contributed by atoms with Crippen LogP contribution in [0.15, 0.2) is 59.5 Å². The fourth-order valence-corrected chi connectivity index (χ4v) is 5.43. The third-order valence-corrected chi connectivity index (χ3v) is 7.74. The highest BCUT2D eigenvalue weighted by Gasteiger charge is 2.26. The molecule has 1 aliphatic heterocycles. The second-order valence-corrected chi connectivity index (χ2v) is 10.3. The van der Waals surface area contributed by atoms with Crippen LogP contribution >= 0.6 is 0 Å². The molecule has 3 rings (SSSR count). The number of rotatable bonds is 8. The normalized spacial score (nSPS) is 16.6. The summed E-state index contributed by atoms with van der Waals surface area (Å²) >= 11 is 0. The first-order valence-corrected chi connectivity index (χ1v) is 12.4. The lowest BCUT2D eigenvalue weighted by Crippen LogP contribution is -2.41. The first-order chi connectivity index (χ1) is 14.9. The lowest BCUT2D eigenvalue weighted by Gasteiger charge is -2.25. The van der Waals surface area contributed by atoms with Crippen molar-refractivity contribution in [3.63, 3.8) is 0 Å². The Hall–Kier alpha value is -2.22. The number of hydrogen-bond acceptors (Lipinski definition) is 4. The van der Waals surface area contributed by atoms with Crippen LogP contribution in [0.4, 0.5) is 0 Å². The van der Waals surface area contributed by atoms with E-state index in [0.717, 1.165) is 32.1 Å². The smallest absolute Gasteiger partial charge is 0.251 e. The topological polar surface area (TPSA) is 69.7 Å². The van der Waals surface area contributed by atoms with Crippen LogP contribution in [-0.2, 0) is 16.4 Å². The van der Waals surface area contributed by atoms with E-state index in [1.54, 1.807) is 22.5 Å². The maximum Gasteiger partial charge on any atom is 0.251 e. The molecular formula is C24H33N3O3S. The van der Waals surface area contributed by atoms with Crippen molar-refractivity contribution in [1.29, 1.82) is 0 Å². The number of nitrogens with one attached hydrogen (secondary N) is 1. The zero-order valence-electron chi connectivity index (χ0n) is 18.5. The maximum atomic E-state index is 13.1. The molecule has 0 radical (unpaired) electrons. The van der Waals surface area contributed by atoms with Crippen LogP contribution in [0.2, 0.25) is 0 Å². The molecule has 31 heavy (non-hydrogen) atoms. The zero-order chi connectivity index (χ0) is 22.3. The number of carbonyl (C=O) groups is 1. The van der Waals surface area contributed by atoms with Crippen molar-refractivity contribution in [3.05, 3.63) is 65.7 Å². The Morgan fingerprint density at radius 3 is 2.32 bits per heavy atom. The van der Waals surface area contributed by atoms with Gasteiger partial charge >= 0.3 is 0 Å². The Balaban J connectivity index is 1.67. The van der Waals surface area contributed by atoms with Crippen molar-refractivity contribution in [1.82, 2.24) is 14.5 Å². The lowest BCUT2D eigenvalue weighted by molar-refractivity contribution is 0.0941. The molecule has 6 nitrogen and oxygen atoms in total. The number of carbonyl (C=O) groups excluding carboxylic acids is 1. The van der Waals surface area contributed by atoms with Gasteiger partial charge in [-0.3, -0.25) is 4.79 Å². The third kappa shape index (κ3) is 6.38. The van der Waals surface area contributed by atoms with Gasteiger partial charge in [-0.25, -0.2) is 8.42 Å². The quantitative estimate of drug-likeness (QED) is 0.680. The Morgan fingerprint density at radius 1 is 1.00 bits per heavy atom. The summed E-state index contributed by atoms with van der Waals surface area (Å²) in [6, 6.07) is 16.7. The average molecular weight is 444 g/mol. The van der Waals surface area contributed by atoms with Gasteiger partial charge < -0.3 is 10.2 Å². The molecule has 0 aromatic heterocycles. The zero-order valence-corrected chi connectivity index (χ0v) is 19.3. The van der Waals surface area contributed by atoms with Gasteiger partial charge in [0.1, 0.15) is 0 Å². The molecule has 2 aromatic rings. The molecule has 1 fully saturated rings. The van der Waals surface area contributed by atoms with E-state index >= 15 is 0 Å². The van der Waals surface area contributed by atoms with Crippen LogP contribution in [0, 0.1) is 0 Å². The van der Waals surface area contributed by atoms with Crippen molar-refractivity contribution in [3.8, 4) is 0 Å². The highest BCUT2D eigenvalue weighted by Crippen LogP contribution is 2.21. The summed E-state index contributed by atoms with van der Waals surface area (Å²) < 4.78 is 27.7. The van der Waals surface area contributed by atoms with Gasteiger partial charge in [0, 0.05) is 31.2 Å². The highest BCUT2D eigenvalue weighted by molar-refractivity contribution is 7.89. The number of sulfonamides is 1. The highest BCUT2D eigenvalue weighted by atomic mass is 32.2. The summed E-state index contributed by atoms with van der Waals surface area (Å²) in [7, 11) is 0.407. The van der Waals surface area contributed by atoms with E-state index < -0.39 is 10.0 Å². The monoisotopic (exact) mass is 443 g/mol. The molecule has 1 N–H and O–H groups in total. The van der Waals surface area contributed by atoms with Crippen LogP contribution in [0.25, 0.3) is 0 Å².